The summed E-state index contributed by atoms with van der Waals surface area (Å²) in [6.45, 7) is 4.23. The summed E-state index contributed by atoms with van der Waals surface area (Å²) in [6, 6.07) is 6.46. The van der Waals surface area contributed by atoms with Gasteiger partial charge in [0.15, 0.2) is 5.82 Å². The van der Waals surface area contributed by atoms with Crippen LogP contribution in [0.5, 0.6) is 0 Å². The molecule has 0 fully saturated rings. The van der Waals surface area contributed by atoms with E-state index in [4.69, 9.17) is 4.52 Å². The van der Waals surface area contributed by atoms with Gasteiger partial charge in [0.25, 0.3) is 0 Å². The minimum Gasteiger partial charge on any atom is -0.376 e. The van der Waals surface area contributed by atoms with E-state index < -0.39 is 10.0 Å². The van der Waals surface area contributed by atoms with Crippen molar-refractivity contribution < 1.29 is 12.9 Å². The molecular weight excluding hydrogens is 280 g/mol. The van der Waals surface area contributed by atoms with Gasteiger partial charge >= 0.3 is 0 Å². The molecule has 1 heterocycles. The van der Waals surface area contributed by atoms with Crippen LogP contribution in [0.4, 0.5) is 5.69 Å². The van der Waals surface area contributed by atoms with Crippen LogP contribution in [-0.4, -0.2) is 25.1 Å². The molecule has 0 aliphatic heterocycles. The topological polar surface area (TPSA) is 97.1 Å². The number of hydrogen-bond donors (Lipinski definition) is 2. The number of aromatic nitrogens is 2. The highest BCUT2D eigenvalue weighted by Gasteiger charge is 2.11. The second kappa shape index (κ2) is 6.02. The lowest BCUT2D eigenvalue weighted by molar-refractivity contribution is 0.379. The molecule has 1 aromatic heterocycles. The molecule has 8 heteroatoms. The van der Waals surface area contributed by atoms with E-state index in [9.17, 15) is 8.42 Å². The van der Waals surface area contributed by atoms with E-state index in [0.29, 0.717) is 24.8 Å². The maximum Gasteiger partial charge on any atom is 0.245 e. The van der Waals surface area contributed by atoms with Crippen molar-refractivity contribution in [3.8, 4) is 0 Å². The number of sulfonamides is 1. The first-order valence-electron chi connectivity index (χ1n) is 6.14. The fourth-order valence-corrected chi connectivity index (χ4v) is 2.66. The number of nitrogens with zero attached hydrogens (tertiary/aromatic N) is 2. The summed E-state index contributed by atoms with van der Waals surface area (Å²) >= 11 is 0. The van der Waals surface area contributed by atoms with Gasteiger partial charge in [-0.25, -0.2) is 13.1 Å². The molecule has 1 aromatic carbocycles. The number of hydrogen-bond acceptors (Lipinski definition) is 6. The van der Waals surface area contributed by atoms with Gasteiger partial charge in [0.1, 0.15) is 0 Å². The first-order chi connectivity index (χ1) is 9.51. The van der Waals surface area contributed by atoms with Gasteiger partial charge in [0, 0.05) is 12.2 Å². The first-order valence-corrected chi connectivity index (χ1v) is 7.62. The summed E-state index contributed by atoms with van der Waals surface area (Å²) in [6.07, 6.45) is 0. The Hall–Kier alpha value is -1.93. The number of anilines is 1. The zero-order chi connectivity index (χ0) is 14.6. The zero-order valence-corrected chi connectivity index (χ0v) is 12.1. The third-order valence-corrected chi connectivity index (χ3v) is 4.07. The van der Waals surface area contributed by atoms with Crippen molar-refractivity contribution in [1.82, 2.24) is 14.9 Å². The lowest BCUT2D eigenvalue weighted by Crippen LogP contribution is -2.23. The molecule has 0 radical (unpaired) electrons. The third-order valence-electron chi connectivity index (χ3n) is 2.51. The van der Waals surface area contributed by atoms with Gasteiger partial charge < -0.3 is 9.84 Å². The predicted molar refractivity (Wildman–Crippen MR) is 73.7 cm³/mol. The van der Waals surface area contributed by atoms with E-state index in [1.54, 1.807) is 38.1 Å². The van der Waals surface area contributed by atoms with Crippen LogP contribution in [0.3, 0.4) is 0 Å². The van der Waals surface area contributed by atoms with Crippen LogP contribution in [0, 0.1) is 6.92 Å². The van der Waals surface area contributed by atoms with Crippen LogP contribution in [-0.2, 0) is 16.6 Å². The Morgan fingerprint density at radius 3 is 2.50 bits per heavy atom. The Labute approximate surface area is 117 Å². The van der Waals surface area contributed by atoms with Crippen molar-refractivity contribution in [3.05, 3.63) is 36.0 Å². The van der Waals surface area contributed by atoms with Crippen molar-refractivity contribution in [2.24, 2.45) is 0 Å². The Morgan fingerprint density at radius 1 is 1.25 bits per heavy atom. The van der Waals surface area contributed by atoms with E-state index >= 15 is 0 Å². The summed E-state index contributed by atoms with van der Waals surface area (Å²) in [5.41, 5.74) is 0.774. The molecule has 0 bridgehead atoms. The number of benzene rings is 1. The number of rotatable bonds is 6. The first kappa shape index (κ1) is 14.5. The SMILES string of the molecule is CCNS(=O)(=O)c1ccc(NCc2nc(C)no2)cc1. The Balaban J connectivity index is 2.01. The molecule has 0 aliphatic carbocycles. The van der Waals surface area contributed by atoms with E-state index in [-0.39, 0.29) is 4.90 Å². The van der Waals surface area contributed by atoms with E-state index in [1.165, 1.54) is 0 Å². The molecule has 0 spiro atoms. The summed E-state index contributed by atoms with van der Waals surface area (Å²) < 4.78 is 30.9. The summed E-state index contributed by atoms with van der Waals surface area (Å²) in [7, 11) is -3.41. The highest BCUT2D eigenvalue weighted by atomic mass is 32.2. The summed E-state index contributed by atoms with van der Waals surface area (Å²) in [4.78, 5) is 4.30. The van der Waals surface area contributed by atoms with Crippen LogP contribution in [0.1, 0.15) is 18.6 Å². The maximum absolute atomic E-state index is 11.8. The predicted octanol–water partition coefficient (Wildman–Crippen LogP) is 1.29. The van der Waals surface area contributed by atoms with Gasteiger partial charge in [0.2, 0.25) is 15.9 Å². The third kappa shape index (κ3) is 3.55. The van der Waals surface area contributed by atoms with Gasteiger partial charge in [-0.3, -0.25) is 0 Å². The largest absolute Gasteiger partial charge is 0.376 e. The monoisotopic (exact) mass is 296 g/mol. The van der Waals surface area contributed by atoms with Crippen molar-refractivity contribution >= 4 is 15.7 Å². The molecule has 2 aromatic rings. The molecule has 2 rings (SSSR count). The van der Waals surface area contributed by atoms with Crippen LogP contribution < -0.4 is 10.0 Å². The van der Waals surface area contributed by atoms with Crippen LogP contribution >= 0.6 is 0 Å². The molecule has 0 saturated carbocycles. The van der Waals surface area contributed by atoms with Gasteiger partial charge in [-0.2, -0.15) is 4.98 Å². The number of aryl methyl sites for hydroxylation is 1. The fourth-order valence-electron chi connectivity index (χ4n) is 1.61. The molecule has 0 aliphatic rings. The van der Waals surface area contributed by atoms with Crippen molar-refractivity contribution in [1.29, 1.82) is 0 Å². The normalized spacial score (nSPS) is 11.5. The number of nitrogens with one attached hydrogen (secondary N) is 2. The molecular formula is C12H16N4O3S. The summed E-state index contributed by atoms with van der Waals surface area (Å²) in [5, 5.41) is 6.76. The smallest absolute Gasteiger partial charge is 0.245 e. The second-order valence-corrected chi connectivity index (χ2v) is 5.88. The highest BCUT2D eigenvalue weighted by molar-refractivity contribution is 7.89. The Kier molecular flexibility index (Phi) is 4.35. The fraction of sp³-hybridized carbons (Fsp3) is 0.333. The standard InChI is InChI=1S/C12H16N4O3S/c1-3-14-20(17,18)11-6-4-10(5-7-11)13-8-12-15-9(2)16-19-12/h4-7,13-14H,3,8H2,1-2H3. The molecule has 0 amide bonds. The lowest BCUT2D eigenvalue weighted by atomic mass is 10.3. The molecule has 0 saturated heterocycles. The van der Waals surface area contributed by atoms with Crippen LogP contribution in [0.2, 0.25) is 0 Å². The lowest BCUT2D eigenvalue weighted by Gasteiger charge is -2.06. The van der Waals surface area contributed by atoms with Crippen molar-refractivity contribution in [3.63, 3.8) is 0 Å². The van der Waals surface area contributed by atoms with Crippen molar-refractivity contribution in [2.45, 2.75) is 25.3 Å². The van der Waals surface area contributed by atoms with Gasteiger partial charge in [-0.15, -0.1) is 0 Å². The van der Waals surface area contributed by atoms with E-state index in [2.05, 4.69) is 20.2 Å². The van der Waals surface area contributed by atoms with E-state index in [0.717, 1.165) is 5.69 Å². The molecule has 20 heavy (non-hydrogen) atoms. The van der Waals surface area contributed by atoms with Crippen LogP contribution in [0.25, 0.3) is 0 Å². The minimum atomic E-state index is -3.41. The van der Waals surface area contributed by atoms with Gasteiger partial charge in [0.05, 0.1) is 11.4 Å². The molecule has 108 valence electrons. The Bertz CT molecular complexity index is 664. The molecule has 0 atom stereocenters. The Morgan fingerprint density at radius 2 is 1.95 bits per heavy atom. The minimum absolute atomic E-state index is 0.235. The van der Waals surface area contributed by atoms with Crippen LogP contribution in [0.15, 0.2) is 33.7 Å². The maximum atomic E-state index is 11.8. The summed E-state index contributed by atoms with van der Waals surface area (Å²) in [5.74, 6) is 1.06. The molecule has 2 N–H and O–H groups in total. The average molecular weight is 296 g/mol. The highest BCUT2D eigenvalue weighted by Crippen LogP contribution is 2.14. The zero-order valence-electron chi connectivity index (χ0n) is 11.3. The van der Waals surface area contributed by atoms with Gasteiger partial charge in [-0.1, -0.05) is 12.1 Å². The molecule has 7 nitrogen and oxygen atoms in total. The van der Waals surface area contributed by atoms with Gasteiger partial charge in [-0.05, 0) is 31.2 Å². The quantitative estimate of drug-likeness (QED) is 0.833. The van der Waals surface area contributed by atoms with E-state index in [1.807, 2.05) is 0 Å². The molecule has 0 unspecified atom stereocenters. The average Bonchev–Trinajstić information content (AvgIpc) is 2.83. The van der Waals surface area contributed by atoms with Crippen molar-refractivity contribution in [2.75, 3.05) is 11.9 Å². The second-order valence-electron chi connectivity index (χ2n) is 4.11.